The first-order chi connectivity index (χ1) is 9.24. The van der Waals surface area contributed by atoms with E-state index in [4.69, 9.17) is 5.26 Å². The van der Waals surface area contributed by atoms with Crippen molar-refractivity contribution in [2.24, 2.45) is 0 Å². The molecule has 0 aliphatic rings. The van der Waals surface area contributed by atoms with Gasteiger partial charge >= 0.3 is 0 Å². The maximum absolute atomic E-state index is 11.6. The molecule has 1 amide bonds. The third kappa shape index (κ3) is 3.12. The van der Waals surface area contributed by atoms with Crippen LogP contribution in [-0.4, -0.2) is 24.1 Å². The van der Waals surface area contributed by atoms with Crippen LogP contribution in [-0.2, 0) is 17.9 Å². The molecule has 2 aromatic rings. The highest BCUT2D eigenvalue weighted by Crippen LogP contribution is 2.17. The fourth-order valence-electron chi connectivity index (χ4n) is 2.03. The number of hydrogen-bond donors (Lipinski definition) is 2. The van der Waals surface area contributed by atoms with E-state index in [0.717, 1.165) is 17.4 Å². The van der Waals surface area contributed by atoms with Crippen LogP contribution in [0.5, 0.6) is 0 Å². The third-order valence-electron chi connectivity index (χ3n) is 2.90. The molecule has 2 N–H and O–H groups in total. The van der Waals surface area contributed by atoms with Crippen LogP contribution in [0, 0.1) is 11.3 Å². The zero-order valence-electron chi connectivity index (χ0n) is 10.8. The van der Waals surface area contributed by atoms with Crippen molar-refractivity contribution in [2.45, 2.75) is 13.1 Å². The summed E-state index contributed by atoms with van der Waals surface area (Å²) in [5.41, 5.74) is 2.20. The average Bonchev–Trinajstić information content (AvgIpc) is 2.80. The Hall–Kier alpha value is -2.32. The van der Waals surface area contributed by atoms with Crippen LogP contribution in [0.4, 0.5) is 0 Å². The highest BCUT2D eigenvalue weighted by atomic mass is 16.1. The third-order valence-corrected chi connectivity index (χ3v) is 2.90. The van der Waals surface area contributed by atoms with Gasteiger partial charge in [0.1, 0.15) is 13.1 Å². The molecule has 0 spiro atoms. The van der Waals surface area contributed by atoms with Gasteiger partial charge in [-0.15, -0.1) is 0 Å². The summed E-state index contributed by atoms with van der Waals surface area (Å²) in [4.78, 5) is 11.6. The number of carbonyl (C=O) groups excluding carboxylic acids is 1. The second kappa shape index (κ2) is 6.03. The normalized spacial score (nSPS) is 10.3. The quantitative estimate of drug-likeness (QED) is 0.784. The van der Waals surface area contributed by atoms with E-state index in [1.165, 1.54) is 5.56 Å². The van der Waals surface area contributed by atoms with Gasteiger partial charge in [-0.1, -0.05) is 12.1 Å². The Bertz CT molecular complexity index is 624. The molecule has 0 saturated carbocycles. The van der Waals surface area contributed by atoms with Gasteiger partial charge in [0.25, 0.3) is 0 Å². The second-order valence-electron chi connectivity index (χ2n) is 4.30. The van der Waals surface area contributed by atoms with E-state index in [0.29, 0.717) is 0 Å². The van der Waals surface area contributed by atoms with Gasteiger partial charge in [0.15, 0.2) is 0 Å². The molecule has 0 atom stereocenters. The van der Waals surface area contributed by atoms with Crippen LogP contribution in [0.3, 0.4) is 0 Å². The van der Waals surface area contributed by atoms with Gasteiger partial charge in [-0.25, -0.2) is 0 Å². The molecule has 0 aliphatic carbocycles. The lowest BCUT2D eigenvalue weighted by Crippen LogP contribution is -2.27. The topological polar surface area (TPSA) is 69.8 Å². The maximum atomic E-state index is 11.6. The Morgan fingerprint density at radius 2 is 2.26 bits per heavy atom. The van der Waals surface area contributed by atoms with Crippen molar-refractivity contribution >= 4 is 16.8 Å². The van der Waals surface area contributed by atoms with Crippen molar-refractivity contribution in [3.8, 4) is 6.07 Å². The van der Waals surface area contributed by atoms with E-state index in [-0.39, 0.29) is 19.0 Å². The summed E-state index contributed by atoms with van der Waals surface area (Å²) in [5, 5.41) is 15.2. The SMILES string of the molecule is CNCc1ccc2ccn(CC(=O)NCC#N)c2c1. The predicted molar refractivity (Wildman–Crippen MR) is 73.3 cm³/mol. The number of hydrogen-bond acceptors (Lipinski definition) is 3. The van der Waals surface area contributed by atoms with Gasteiger partial charge in [0, 0.05) is 18.3 Å². The van der Waals surface area contributed by atoms with Crippen molar-refractivity contribution in [1.29, 1.82) is 5.26 Å². The Kier molecular flexibility index (Phi) is 4.16. The summed E-state index contributed by atoms with van der Waals surface area (Å²) in [6.45, 7) is 1.07. The molecule has 5 nitrogen and oxygen atoms in total. The number of rotatable bonds is 5. The Morgan fingerprint density at radius 1 is 1.42 bits per heavy atom. The van der Waals surface area contributed by atoms with Gasteiger partial charge in [0.05, 0.1) is 6.07 Å². The van der Waals surface area contributed by atoms with Crippen LogP contribution >= 0.6 is 0 Å². The van der Waals surface area contributed by atoms with E-state index < -0.39 is 0 Å². The maximum Gasteiger partial charge on any atom is 0.240 e. The molecule has 0 unspecified atom stereocenters. The number of amides is 1. The van der Waals surface area contributed by atoms with Crippen LogP contribution in [0.15, 0.2) is 30.5 Å². The van der Waals surface area contributed by atoms with Crippen LogP contribution in [0.1, 0.15) is 5.56 Å². The fraction of sp³-hybridized carbons (Fsp3) is 0.286. The number of fused-ring (bicyclic) bond motifs is 1. The molecular weight excluding hydrogens is 240 g/mol. The number of benzene rings is 1. The van der Waals surface area contributed by atoms with Crippen LogP contribution in [0.2, 0.25) is 0 Å². The van der Waals surface area contributed by atoms with Gasteiger partial charge < -0.3 is 15.2 Å². The summed E-state index contributed by atoms with van der Waals surface area (Å²) < 4.78 is 1.89. The van der Waals surface area contributed by atoms with Crippen molar-refractivity contribution in [3.63, 3.8) is 0 Å². The molecule has 1 heterocycles. The minimum Gasteiger partial charge on any atom is -0.341 e. The highest BCUT2D eigenvalue weighted by molar-refractivity contribution is 5.83. The number of nitriles is 1. The van der Waals surface area contributed by atoms with Crippen LogP contribution < -0.4 is 10.6 Å². The standard InChI is InChI=1S/C14H16N4O/c1-16-9-11-2-3-12-4-7-18(13(12)8-11)10-14(19)17-6-5-15/h2-4,7-8,16H,6,9-10H2,1H3,(H,17,19). The van der Waals surface area contributed by atoms with E-state index >= 15 is 0 Å². The molecule has 98 valence electrons. The van der Waals surface area contributed by atoms with Gasteiger partial charge in [0.2, 0.25) is 5.91 Å². The molecule has 5 heteroatoms. The smallest absolute Gasteiger partial charge is 0.240 e. The summed E-state index contributed by atoms with van der Waals surface area (Å²) in [6, 6.07) is 10.1. The van der Waals surface area contributed by atoms with Crippen molar-refractivity contribution in [2.75, 3.05) is 13.6 Å². The minimum atomic E-state index is -0.155. The van der Waals surface area contributed by atoms with Gasteiger partial charge in [-0.05, 0) is 30.1 Å². The van der Waals surface area contributed by atoms with Crippen molar-refractivity contribution in [3.05, 3.63) is 36.0 Å². The molecule has 19 heavy (non-hydrogen) atoms. The first kappa shape index (κ1) is 13.1. The first-order valence-electron chi connectivity index (χ1n) is 6.10. The molecular formula is C14H16N4O. The number of nitrogens with one attached hydrogen (secondary N) is 2. The summed E-state index contributed by atoms with van der Waals surface area (Å²) in [6.07, 6.45) is 1.89. The molecule has 1 aromatic carbocycles. The molecule has 0 aliphatic heterocycles. The summed E-state index contributed by atoms with van der Waals surface area (Å²) >= 11 is 0. The number of carbonyl (C=O) groups is 1. The van der Waals surface area contributed by atoms with E-state index in [2.05, 4.69) is 22.8 Å². The molecule has 0 saturated heterocycles. The first-order valence-corrected chi connectivity index (χ1v) is 6.10. The number of nitrogens with zero attached hydrogens (tertiary/aromatic N) is 2. The van der Waals surface area contributed by atoms with Crippen molar-refractivity contribution < 1.29 is 4.79 Å². The Morgan fingerprint density at radius 3 is 3.00 bits per heavy atom. The van der Waals surface area contributed by atoms with Crippen LogP contribution in [0.25, 0.3) is 10.9 Å². The lowest BCUT2D eigenvalue weighted by atomic mass is 10.1. The Labute approximate surface area is 111 Å². The van der Waals surface area contributed by atoms with Gasteiger partial charge in [-0.3, -0.25) is 4.79 Å². The molecule has 0 bridgehead atoms. The lowest BCUT2D eigenvalue weighted by Gasteiger charge is -2.06. The molecule has 1 aromatic heterocycles. The molecule has 0 fully saturated rings. The number of aromatic nitrogens is 1. The predicted octanol–water partition coefficient (Wildman–Crippen LogP) is 1.00. The monoisotopic (exact) mass is 256 g/mol. The largest absolute Gasteiger partial charge is 0.341 e. The van der Waals surface area contributed by atoms with E-state index in [9.17, 15) is 4.79 Å². The zero-order valence-corrected chi connectivity index (χ0v) is 10.8. The Balaban J connectivity index is 2.21. The highest BCUT2D eigenvalue weighted by Gasteiger charge is 2.06. The average molecular weight is 256 g/mol. The summed E-state index contributed by atoms with van der Waals surface area (Å²) in [5.74, 6) is -0.155. The van der Waals surface area contributed by atoms with Crippen molar-refractivity contribution in [1.82, 2.24) is 15.2 Å². The van der Waals surface area contributed by atoms with E-state index in [1.54, 1.807) is 0 Å². The minimum absolute atomic E-state index is 0.0447. The lowest BCUT2D eigenvalue weighted by molar-refractivity contribution is -0.121. The van der Waals surface area contributed by atoms with E-state index in [1.807, 2.05) is 36.0 Å². The van der Waals surface area contributed by atoms with Gasteiger partial charge in [-0.2, -0.15) is 5.26 Å². The zero-order chi connectivity index (χ0) is 13.7. The fourth-order valence-corrected chi connectivity index (χ4v) is 2.03. The molecule has 2 rings (SSSR count). The molecule has 0 radical (unpaired) electrons. The second-order valence-corrected chi connectivity index (χ2v) is 4.30. The summed E-state index contributed by atoms with van der Waals surface area (Å²) in [7, 11) is 1.90.